The highest BCUT2D eigenvalue weighted by Crippen LogP contribution is 2.30. The van der Waals surface area contributed by atoms with Crippen molar-refractivity contribution in [1.29, 1.82) is 0 Å². The summed E-state index contributed by atoms with van der Waals surface area (Å²) in [6.45, 7) is 2.60. The van der Waals surface area contributed by atoms with E-state index in [9.17, 15) is 4.79 Å². The van der Waals surface area contributed by atoms with Crippen LogP contribution in [-0.4, -0.2) is 17.4 Å². The minimum absolute atomic E-state index is 0.0106. The maximum absolute atomic E-state index is 13.2. The molecule has 0 aliphatic heterocycles. The summed E-state index contributed by atoms with van der Waals surface area (Å²) in [5, 5.41) is 3.08. The molecule has 0 radical (unpaired) electrons. The van der Waals surface area contributed by atoms with Crippen molar-refractivity contribution < 1.29 is 4.79 Å². The molecule has 0 unspecified atom stereocenters. The number of nitrogens with zero attached hydrogens (tertiary/aromatic N) is 2. The lowest BCUT2D eigenvalue weighted by atomic mass is 10.1. The molecule has 1 amide bonds. The fourth-order valence-corrected chi connectivity index (χ4v) is 3.96. The Morgan fingerprint density at radius 1 is 0.962 bits per heavy atom. The number of anilines is 1. The summed E-state index contributed by atoms with van der Waals surface area (Å²) in [6.07, 6.45) is 1.68. The number of hydrogen-bond donors (Lipinski definition) is 0. The largest absolute Gasteiger partial charge is 0.307 e. The minimum atomic E-state index is -0.0106. The molecule has 1 aromatic heterocycles. The van der Waals surface area contributed by atoms with Crippen LogP contribution in [0.5, 0.6) is 0 Å². The molecule has 0 saturated heterocycles. The van der Waals surface area contributed by atoms with Gasteiger partial charge >= 0.3 is 0 Å². The summed E-state index contributed by atoms with van der Waals surface area (Å²) in [7, 11) is 0. The van der Waals surface area contributed by atoms with Crippen LogP contribution in [0.1, 0.15) is 16.6 Å². The summed E-state index contributed by atoms with van der Waals surface area (Å²) in [5.74, 6) is -0.0106. The van der Waals surface area contributed by atoms with E-state index >= 15 is 0 Å². The van der Waals surface area contributed by atoms with Crippen LogP contribution in [0.2, 0.25) is 0 Å². The molecule has 0 bridgehead atoms. The molecule has 0 atom stereocenters. The molecule has 0 saturated carbocycles. The summed E-state index contributed by atoms with van der Waals surface area (Å²) in [4.78, 5) is 20.1. The Labute approximate surface area is 156 Å². The van der Waals surface area contributed by atoms with Gasteiger partial charge < -0.3 is 4.90 Å². The predicted molar refractivity (Wildman–Crippen MR) is 109 cm³/mol. The quantitative estimate of drug-likeness (QED) is 0.474. The van der Waals surface area contributed by atoms with Gasteiger partial charge in [0.25, 0.3) is 5.91 Å². The summed E-state index contributed by atoms with van der Waals surface area (Å²) < 4.78 is 0. The van der Waals surface area contributed by atoms with E-state index < -0.39 is 0 Å². The Morgan fingerprint density at radius 2 is 1.69 bits per heavy atom. The lowest BCUT2D eigenvalue weighted by Crippen LogP contribution is -2.30. The monoisotopic (exact) mass is 358 g/mol. The van der Waals surface area contributed by atoms with Crippen LogP contribution < -0.4 is 4.90 Å². The van der Waals surface area contributed by atoms with Gasteiger partial charge in [-0.2, -0.15) is 0 Å². The second-order valence-corrected chi connectivity index (χ2v) is 6.97. The third-order valence-corrected chi connectivity index (χ3v) is 5.39. The van der Waals surface area contributed by atoms with Gasteiger partial charge in [0.05, 0.1) is 11.9 Å². The van der Waals surface area contributed by atoms with Gasteiger partial charge in [-0.3, -0.25) is 4.79 Å². The van der Waals surface area contributed by atoms with Crippen LogP contribution in [0.4, 0.5) is 5.69 Å². The molecule has 0 spiro atoms. The molecule has 26 heavy (non-hydrogen) atoms. The fraction of sp³-hybridized carbons (Fsp3) is 0.0909. The van der Waals surface area contributed by atoms with E-state index in [2.05, 4.69) is 23.2 Å². The molecular weight excluding hydrogens is 340 g/mol. The number of amides is 1. The van der Waals surface area contributed by atoms with Crippen LogP contribution in [0.15, 0.2) is 79.0 Å². The van der Waals surface area contributed by atoms with Crippen LogP contribution in [0.25, 0.3) is 21.3 Å². The van der Waals surface area contributed by atoms with E-state index in [0.29, 0.717) is 11.4 Å². The Kier molecular flexibility index (Phi) is 4.50. The number of fused-ring (bicyclic) bond motifs is 1. The summed E-state index contributed by atoms with van der Waals surface area (Å²) >= 11 is 1.44. The first-order chi connectivity index (χ1) is 12.8. The Bertz CT molecular complexity index is 1050. The molecule has 0 fully saturated rings. The number of carbonyl (C=O) groups excluding carboxylic acids is 1. The van der Waals surface area contributed by atoms with Crippen molar-refractivity contribution in [3.05, 3.63) is 83.9 Å². The first kappa shape index (κ1) is 16.5. The molecular formula is C22H18N2OS. The predicted octanol–water partition coefficient (Wildman–Crippen LogP) is 5.63. The highest BCUT2D eigenvalue weighted by Gasteiger charge is 2.20. The number of carbonyl (C=O) groups is 1. The topological polar surface area (TPSA) is 33.2 Å². The van der Waals surface area contributed by atoms with Crippen molar-refractivity contribution in [2.45, 2.75) is 6.92 Å². The maximum Gasteiger partial charge on any atom is 0.270 e. The van der Waals surface area contributed by atoms with E-state index in [1.165, 1.54) is 11.3 Å². The number of benzene rings is 3. The Balaban J connectivity index is 1.71. The molecule has 1 heterocycles. The van der Waals surface area contributed by atoms with Crippen molar-refractivity contribution in [1.82, 2.24) is 4.98 Å². The van der Waals surface area contributed by atoms with E-state index in [1.807, 2.05) is 66.4 Å². The zero-order valence-corrected chi connectivity index (χ0v) is 15.2. The molecule has 128 valence electrons. The normalized spacial score (nSPS) is 10.8. The van der Waals surface area contributed by atoms with Crippen LogP contribution in [0.3, 0.4) is 0 Å². The summed E-state index contributed by atoms with van der Waals surface area (Å²) in [6, 6.07) is 24.2. The minimum Gasteiger partial charge on any atom is -0.307 e. The number of hydrogen-bond acceptors (Lipinski definition) is 3. The average Bonchev–Trinajstić information content (AvgIpc) is 3.20. The van der Waals surface area contributed by atoms with Gasteiger partial charge in [-0.25, -0.2) is 4.98 Å². The first-order valence-electron chi connectivity index (χ1n) is 8.59. The van der Waals surface area contributed by atoms with Crippen LogP contribution in [0, 0.1) is 0 Å². The molecule has 3 aromatic carbocycles. The van der Waals surface area contributed by atoms with Gasteiger partial charge in [-0.15, -0.1) is 11.3 Å². The molecule has 4 rings (SSSR count). The second kappa shape index (κ2) is 7.10. The Morgan fingerprint density at radius 3 is 2.50 bits per heavy atom. The SMILES string of the molecule is CCN(C(=O)c1cnc(-c2ccccc2)s1)c1cccc2ccccc12. The van der Waals surface area contributed by atoms with Crippen LogP contribution in [-0.2, 0) is 0 Å². The standard InChI is InChI=1S/C22H18N2OS/c1-2-24(19-14-8-12-16-9-6-7-13-18(16)19)22(25)20-15-23-21(26-20)17-10-4-3-5-11-17/h3-15H,2H2,1H3. The first-order valence-corrected chi connectivity index (χ1v) is 9.40. The molecule has 4 aromatic rings. The van der Waals surface area contributed by atoms with Crippen molar-refractivity contribution in [3.8, 4) is 10.6 Å². The maximum atomic E-state index is 13.2. The number of aromatic nitrogens is 1. The van der Waals surface area contributed by atoms with Crippen molar-refractivity contribution in [2.75, 3.05) is 11.4 Å². The lowest BCUT2D eigenvalue weighted by Gasteiger charge is -2.22. The summed E-state index contributed by atoms with van der Waals surface area (Å²) in [5.41, 5.74) is 1.97. The van der Waals surface area contributed by atoms with Gasteiger partial charge in [0.15, 0.2) is 0 Å². The highest BCUT2D eigenvalue weighted by molar-refractivity contribution is 7.17. The lowest BCUT2D eigenvalue weighted by molar-refractivity contribution is 0.0992. The second-order valence-electron chi connectivity index (χ2n) is 5.94. The molecule has 4 heteroatoms. The van der Waals surface area contributed by atoms with E-state index in [-0.39, 0.29) is 5.91 Å². The Hall–Kier alpha value is -2.98. The van der Waals surface area contributed by atoms with Gasteiger partial charge in [0.2, 0.25) is 0 Å². The van der Waals surface area contributed by atoms with E-state index in [0.717, 1.165) is 27.0 Å². The van der Waals surface area contributed by atoms with Crippen molar-refractivity contribution in [3.63, 3.8) is 0 Å². The van der Waals surface area contributed by atoms with Crippen LogP contribution >= 0.6 is 11.3 Å². The van der Waals surface area contributed by atoms with Gasteiger partial charge in [-0.1, -0.05) is 66.7 Å². The zero-order chi connectivity index (χ0) is 17.9. The smallest absolute Gasteiger partial charge is 0.270 e. The van der Waals surface area contributed by atoms with Gasteiger partial charge in [-0.05, 0) is 18.4 Å². The molecule has 0 aliphatic rings. The third-order valence-electron chi connectivity index (χ3n) is 4.36. The van der Waals surface area contributed by atoms with E-state index in [1.54, 1.807) is 6.20 Å². The average molecular weight is 358 g/mol. The van der Waals surface area contributed by atoms with Crippen molar-refractivity contribution in [2.24, 2.45) is 0 Å². The van der Waals surface area contributed by atoms with E-state index in [4.69, 9.17) is 0 Å². The highest BCUT2D eigenvalue weighted by atomic mass is 32.1. The molecule has 0 N–H and O–H groups in total. The van der Waals surface area contributed by atoms with Gasteiger partial charge in [0.1, 0.15) is 9.88 Å². The molecule has 0 aliphatic carbocycles. The van der Waals surface area contributed by atoms with Crippen molar-refractivity contribution >= 4 is 33.7 Å². The molecule has 3 nitrogen and oxygen atoms in total. The fourth-order valence-electron chi connectivity index (χ4n) is 3.09. The number of thiazole rings is 1. The zero-order valence-electron chi connectivity index (χ0n) is 14.4. The number of rotatable bonds is 4. The third kappa shape index (κ3) is 3.00. The van der Waals surface area contributed by atoms with Gasteiger partial charge in [0, 0.05) is 17.5 Å².